The Kier molecular flexibility index (Phi) is 10.2. The van der Waals surface area contributed by atoms with Gasteiger partial charge in [-0.15, -0.1) is 0 Å². The quantitative estimate of drug-likeness (QED) is 0.211. The lowest BCUT2D eigenvalue weighted by Gasteiger charge is -2.36. The van der Waals surface area contributed by atoms with E-state index in [0.717, 1.165) is 27.2 Å². The zero-order valence-corrected chi connectivity index (χ0v) is 26.6. The second kappa shape index (κ2) is 14.7. The number of amides is 3. The number of nitrogens with zero attached hydrogens (tertiary/aromatic N) is 3. The first kappa shape index (κ1) is 32.7. The molecule has 0 aliphatic carbocycles. The summed E-state index contributed by atoms with van der Waals surface area (Å²) >= 11 is 12.4. The van der Waals surface area contributed by atoms with Crippen molar-refractivity contribution >= 4 is 41.1 Å². The molecule has 2 aliphatic heterocycles. The van der Waals surface area contributed by atoms with Gasteiger partial charge in [0.05, 0.1) is 44.7 Å². The Labute approximate surface area is 281 Å². The van der Waals surface area contributed by atoms with Crippen molar-refractivity contribution in [2.75, 3.05) is 0 Å². The van der Waals surface area contributed by atoms with E-state index in [2.05, 4.69) is 10.3 Å². The van der Waals surface area contributed by atoms with Crippen molar-refractivity contribution in [3.05, 3.63) is 123 Å². The lowest BCUT2D eigenvalue weighted by atomic mass is 10.00. The molecule has 13 heteroatoms. The number of carbonyl (C=O) groups excluding carboxylic acids is 3. The van der Waals surface area contributed by atoms with Gasteiger partial charge < -0.3 is 29.2 Å². The van der Waals surface area contributed by atoms with Crippen LogP contribution in [0.25, 0.3) is 0 Å². The van der Waals surface area contributed by atoms with Crippen molar-refractivity contribution in [2.24, 2.45) is 0 Å². The summed E-state index contributed by atoms with van der Waals surface area (Å²) in [6.07, 6.45) is -0.156. The largest absolute Gasteiger partial charge is 0.445 e. The van der Waals surface area contributed by atoms with Gasteiger partial charge >= 0.3 is 6.09 Å². The topological polar surface area (TPSA) is 132 Å². The number of aromatic nitrogens is 2. The number of likely N-dealkylation sites (tertiary alicyclic amines) is 1. The minimum absolute atomic E-state index is 0.0455. The van der Waals surface area contributed by atoms with Gasteiger partial charge in [0.1, 0.15) is 17.8 Å². The van der Waals surface area contributed by atoms with E-state index in [0.29, 0.717) is 23.7 Å². The number of imidazole rings is 1. The molecule has 0 spiro atoms. The first-order chi connectivity index (χ1) is 22.8. The Morgan fingerprint density at radius 2 is 1.64 bits per heavy atom. The number of alkyl carbamates (subject to hydrolysis) is 1. The number of hydrogen-bond acceptors (Lipinski definition) is 8. The monoisotopic (exact) mass is 678 g/mol. The van der Waals surface area contributed by atoms with Crippen LogP contribution in [0.15, 0.2) is 85.2 Å². The Bertz CT molecular complexity index is 1720. The third-order valence-electron chi connectivity index (χ3n) is 8.09. The number of benzene rings is 3. The maximum atomic E-state index is 13.0. The molecule has 47 heavy (non-hydrogen) atoms. The smallest absolute Gasteiger partial charge is 0.408 e. The number of carbonyl (C=O) groups is 3. The highest BCUT2D eigenvalue weighted by Crippen LogP contribution is 2.39. The van der Waals surface area contributed by atoms with Crippen LogP contribution in [0.2, 0.25) is 10.3 Å². The van der Waals surface area contributed by atoms with E-state index in [4.69, 9.17) is 37.4 Å². The fourth-order valence-electron chi connectivity index (χ4n) is 5.55. The zero-order chi connectivity index (χ0) is 32.9. The van der Waals surface area contributed by atoms with Crippen molar-refractivity contribution in [2.45, 2.75) is 63.7 Å². The summed E-state index contributed by atoms with van der Waals surface area (Å²) in [6.45, 7) is 0.439. The molecule has 0 bridgehead atoms. The number of rotatable bonds is 10. The van der Waals surface area contributed by atoms with Crippen LogP contribution in [0, 0.1) is 0 Å². The minimum atomic E-state index is -0.992. The molecule has 2 saturated heterocycles. The average Bonchev–Trinajstić information content (AvgIpc) is 3.55. The predicted octanol–water partition coefficient (Wildman–Crippen LogP) is 5.48. The number of aliphatic hydroxyl groups excluding tert-OH is 1. The molecule has 3 aromatic carbocycles. The van der Waals surface area contributed by atoms with Crippen molar-refractivity contribution in [1.82, 2.24) is 19.8 Å². The lowest BCUT2D eigenvalue weighted by molar-refractivity contribution is -0.252. The van der Waals surface area contributed by atoms with Crippen LogP contribution in [0.4, 0.5) is 4.79 Å². The van der Waals surface area contributed by atoms with Gasteiger partial charge in [0.15, 0.2) is 11.4 Å². The Hall–Kier alpha value is -4.26. The molecule has 6 rings (SSSR count). The van der Waals surface area contributed by atoms with E-state index in [-0.39, 0.29) is 49.4 Å². The van der Waals surface area contributed by atoms with Gasteiger partial charge in [-0.2, -0.15) is 0 Å². The van der Waals surface area contributed by atoms with E-state index in [1.54, 1.807) is 23.0 Å². The van der Waals surface area contributed by atoms with E-state index in [1.807, 2.05) is 66.7 Å². The molecule has 11 nitrogen and oxygen atoms in total. The molecule has 0 radical (unpaired) electrons. The summed E-state index contributed by atoms with van der Waals surface area (Å²) in [7, 11) is 0. The van der Waals surface area contributed by atoms with Crippen molar-refractivity contribution in [3.63, 3.8) is 0 Å². The second-order valence-electron chi connectivity index (χ2n) is 11.4. The minimum Gasteiger partial charge on any atom is -0.445 e. The van der Waals surface area contributed by atoms with Crippen LogP contribution in [-0.2, 0) is 50.1 Å². The van der Waals surface area contributed by atoms with E-state index >= 15 is 0 Å². The molecule has 2 N–H and O–H groups in total. The van der Waals surface area contributed by atoms with Crippen LogP contribution < -0.4 is 5.32 Å². The number of ether oxygens (including phenoxy) is 3. The molecule has 1 unspecified atom stereocenters. The SMILES string of the molecule is O=C(NC1CC(=O)N(Cc2ccc([C@H]3O[C@@H](Cn4cnc(Cl)c4Cl)C[C@@H](c4ccc(CO)cc4)O3)cc2)C1=O)OCc1ccccc1. The highest BCUT2D eigenvalue weighted by molar-refractivity contribution is 6.40. The number of hydrogen-bond donors (Lipinski definition) is 2. The highest BCUT2D eigenvalue weighted by atomic mass is 35.5. The number of imide groups is 1. The van der Waals surface area contributed by atoms with Gasteiger partial charge in [0, 0.05) is 12.0 Å². The van der Waals surface area contributed by atoms with Gasteiger partial charge in [0.2, 0.25) is 5.91 Å². The van der Waals surface area contributed by atoms with E-state index in [9.17, 15) is 19.5 Å². The molecular weight excluding hydrogens is 647 g/mol. The van der Waals surface area contributed by atoms with Crippen LogP contribution >= 0.6 is 23.2 Å². The van der Waals surface area contributed by atoms with Crippen LogP contribution in [0.1, 0.15) is 53.1 Å². The van der Waals surface area contributed by atoms with Gasteiger partial charge in [0.25, 0.3) is 5.91 Å². The maximum Gasteiger partial charge on any atom is 0.408 e. The third kappa shape index (κ3) is 7.83. The lowest BCUT2D eigenvalue weighted by Crippen LogP contribution is -2.41. The predicted molar refractivity (Wildman–Crippen MR) is 171 cm³/mol. The Morgan fingerprint density at radius 3 is 2.32 bits per heavy atom. The van der Waals surface area contributed by atoms with Crippen molar-refractivity contribution in [3.8, 4) is 0 Å². The summed E-state index contributed by atoms with van der Waals surface area (Å²) in [4.78, 5) is 43.2. The van der Waals surface area contributed by atoms with Crippen LogP contribution in [0.3, 0.4) is 0 Å². The summed E-state index contributed by atoms with van der Waals surface area (Å²) in [5, 5.41) is 12.5. The fourth-order valence-corrected chi connectivity index (χ4v) is 5.87. The Morgan fingerprint density at radius 1 is 0.936 bits per heavy atom. The van der Waals surface area contributed by atoms with Gasteiger partial charge in [-0.3, -0.25) is 14.5 Å². The molecule has 4 aromatic rings. The molecule has 2 fully saturated rings. The zero-order valence-electron chi connectivity index (χ0n) is 25.1. The molecule has 3 heterocycles. The highest BCUT2D eigenvalue weighted by Gasteiger charge is 2.40. The third-order valence-corrected chi connectivity index (χ3v) is 8.86. The maximum absolute atomic E-state index is 13.0. The average molecular weight is 680 g/mol. The molecule has 1 aromatic heterocycles. The van der Waals surface area contributed by atoms with Gasteiger partial charge in [-0.25, -0.2) is 9.78 Å². The summed E-state index contributed by atoms with van der Waals surface area (Å²) in [5.74, 6) is -0.881. The number of halogens is 2. The summed E-state index contributed by atoms with van der Waals surface area (Å²) < 4.78 is 19.7. The van der Waals surface area contributed by atoms with E-state index in [1.165, 1.54) is 0 Å². The molecule has 0 saturated carbocycles. The summed E-state index contributed by atoms with van der Waals surface area (Å²) in [5.41, 5.74) is 3.99. The molecule has 2 aliphatic rings. The van der Waals surface area contributed by atoms with Crippen LogP contribution in [0.5, 0.6) is 0 Å². The van der Waals surface area contributed by atoms with E-state index < -0.39 is 24.3 Å². The normalized spacial score (nSPS) is 21.2. The molecule has 4 atom stereocenters. The van der Waals surface area contributed by atoms with Gasteiger partial charge in [-0.1, -0.05) is 102 Å². The molecule has 244 valence electrons. The molecule has 3 amide bonds. The summed E-state index contributed by atoms with van der Waals surface area (Å²) in [6, 6.07) is 23.0. The fraction of sp³-hybridized carbons (Fsp3) is 0.294. The van der Waals surface area contributed by atoms with Crippen molar-refractivity contribution in [1.29, 1.82) is 0 Å². The first-order valence-corrected chi connectivity index (χ1v) is 15.8. The second-order valence-corrected chi connectivity index (χ2v) is 12.1. The van der Waals surface area contributed by atoms with Crippen molar-refractivity contribution < 1.29 is 33.7 Å². The van der Waals surface area contributed by atoms with Crippen LogP contribution in [-0.4, -0.2) is 49.6 Å². The Balaban J connectivity index is 1.10. The first-order valence-electron chi connectivity index (χ1n) is 15.0. The molecular formula is C34H32Cl2N4O7. The number of aliphatic hydroxyl groups is 1. The van der Waals surface area contributed by atoms with Gasteiger partial charge in [-0.05, 0) is 22.3 Å². The number of nitrogens with one attached hydrogen (secondary N) is 1. The standard InChI is InChI=1S/C34H32Cl2N4O7/c35-30-31(36)39(20-37-30)17-26-14-28(24-10-8-22(18-41)9-11-24)47-33(46-26)25-12-6-21(7-13-25)16-40-29(42)15-27(32(40)43)38-34(44)45-19-23-4-2-1-3-5-23/h1-13,20,26-28,33,41H,14-19H2,(H,38,44)/t26-,27?,28+,33+/m1/s1.